The van der Waals surface area contributed by atoms with Gasteiger partial charge in [0.15, 0.2) is 12.3 Å². The molecule has 1 aliphatic rings. The Bertz CT molecular complexity index is 104. The van der Waals surface area contributed by atoms with E-state index in [1.807, 2.05) is 5.06 Å². The maximum Gasteiger partial charge on any atom is 0.178 e. The van der Waals surface area contributed by atoms with Crippen molar-refractivity contribution >= 4 is 12.3 Å². The summed E-state index contributed by atoms with van der Waals surface area (Å²) in [5, 5.41) is 1.91. The molecule has 0 bridgehead atoms. The van der Waals surface area contributed by atoms with Gasteiger partial charge in [0.1, 0.15) is 0 Å². The SMILES string of the molecule is COSON1CCN(C)CC1. The maximum atomic E-state index is 5.18. The number of hydrogen-bond acceptors (Lipinski definition) is 5. The molecule has 1 fully saturated rings. The smallest absolute Gasteiger partial charge is 0.178 e. The molecule has 0 aromatic carbocycles. The first-order valence-corrected chi connectivity index (χ1v) is 4.30. The van der Waals surface area contributed by atoms with Gasteiger partial charge in [-0.3, -0.25) is 4.18 Å². The number of hydrogen-bond donors (Lipinski definition) is 0. The summed E-state index contributed by atoms with van der Waals surface area (Å²) in [6.45, 7) is 4.02. The average molecular weight is 178 g/mol. The van der Waals surface area contributed by atoms with Crippen LogP contribution in [0.15, 0.2) is 0 Å². The van der Waals surface area contributed by atoms with E-state index < -0.39 is 0 Å². The molecule has 0 aromatic rings. The Balaban J connectivity index is 2.07. The molecule has 0 aromatic heterocycles. The fourth-order valence-electron chi connectivity index (χ4n) is 0.936. The molecular formula is C6H14N2O2S. The Morgan fingerprint density at radius 3 is 2.36 bits per heavy atom. The molecule has 0 amide bonds. The van der Waals surface area contributed by atoms with E-state index >= 15 is 0 Å². The third-order valence-electron chi connectivity index (χ3n) is 1.67. The van der Waals surface area contributed by atoms with Crippen molar-refractivity contribution in [3.05, 3.63) is 0 Å². The summed E-state index contributed by atoms with van der Waals surface area (Å²) in [4.78, 5) is 2.28. The van der Waals surface area contributed by atoms with Gasteiger partial charge in [0.2, 0.25) is 0 Å². The zero-order valence-corrected chi connectivity index (χ0v) is 7.76. The van der Waals surface area contributed by atoms with Gasteiger partial charge in [-0.1, -0.05) is 0 Å². The quantitative estimate of drug-likeness (QED) is 0.582. The van der Waals surface area contributed by atoms with Crippen molar-refractivity contribution in [3.63, 3.8) is 0 Å². The van der Waals surface area contributed by atoms with Crippen LogP contribution in [0.4, 0.5) is 0 Å². The van der Waals surface area contributed by atoms with E-state index in [1.54, 1.807) is 7.11 Å². The van der Waals surface area contributed by atoms with Gasteiger partial charge in [-0.05, 0) is 7.05 Å². The van der Waals surface area contributed by atoms with Gasteiger partial charge in [-0.15, -0.1) is 0 Å². The topological polar surface area (TPSA) is 24.9 Å². The molecule has 1 saturated heterocycles. The predicted molar refractivity (Wildman–Crippen MR) is 44.8 cm³/mol. The normalized spacial score (nSPS) is 22.4. The van der Waals surface area contributed by atoms with Gasteiger partial charge < -0.3 is 4.90 Å². The molecule has 0 saturated carbocycles. The molecule has 1 aliphatic heterocycles. The molecule has 66 valence electrons. The van der Waals surface area contributed by atoms with Crippen LogP contribution in [0.5, 0.6) is 0 Å². The van der Waals surface area contributed by atoms with Gasteiger partial charge in [0, 0.05) is 26.2 Å². The van der Waals surface area contributed by atoms with Crippen molar-refractivity contribution in [3.8, 4) is 0 Å². The van der Waals surface area contributed by atoms with E-state index in [2.05, 4.69) is 11.9 Å². The lowest BCUT2D eigenvalue weighted by atomic mass is 10.4. The molecule has 11 heavy (non-hydrogen) atoms. The van der Waals surface area contributed by atoms with Crippen LogP contribution in [0, 0.1) is 0 Å². The summed E-state index contributed by atoms with van der Waals surface area (Å²) < 4.78 is 9.89. The maximum absolute atomic E-state index is 5.18. The van der Waals surface area contributed by atoms with E-state index in [1.165, 1.54) is 0 Å². The van der Waals surface area contributed by atoms with Crippen LogP contribution >= 0.6 is 12.3 Å². The van der Waals surface area contributed by atoms with Gasteiger partial charge in [-0.25, -0.2) is 0 Å². The molecule has 0 atom stereocenters. The predicted octanol–water partition coefficient (Wildman–Crippen LogP) is 0.375. The zero-order chi connectivity index (χ0) is 8.10. The van der Waals surface area contributed by atoms with Crippen molar-refractivity contribution in [1.29, 1.82) is 0 Å². The number of rotatable bonds is 3. The highest BCUT2D eigenvalue weighted by Gasteiger charge is 2.14. The summed E-state index contributed by atoms with van der Waals surface area (Å²) in [6.07, 6.45) is 0. The van der Waals surface area contributed by atoms with Crippen LogP contribution in [-0.2, 0) is 8.47 Å². The third-order valence-corrected chi connectivity index (χ3v) is 2.07. The summed E-state index contributed by atoms with van der Waals surface area (Å²) in [5.74, 6) is 0. The Morgan fingerprint density at radius 2 is 1.82 bits per heavy atom. The number of piperazine rings is 1. The van der Waals surface area contributed by atoms with E-state index in [0.717, 1.165) is 38.5 Å². The summed E-state index contributed by atoms with van der Waals surface area (Å²) in [7, 11) is 3.71. The molecule has 0 unspecified atom stereocenters. The zero-order valence-electron chi connectivity index (χ0n) is 6.95. The van der Waals surface area contributed by atoms with Crippen LogP contribution in [0.1, 0.15) is 0 Å². The number of nitrogens with zero attached hydrogens (tertiary/aromatic N) is 2. The van der Waals surface area contributed by atoms with Crippen molar-refractivity contribution in [2.45, 2.75) is 0 Å². The summed E-state index contributed by atoms with van der Waals surface area (Å²) in [6, 6.07) is 0. The highest BCUT2D eigenvalue weighted by atomic mass is 32.2. The molecule has 5 heteroatoms. The number of hydroxylamine groups is 2. The van der Waals surface area contributed by atoms with Gasteiger partial charge >= 0.3 is 0 Å². The molecular weight excluding hydrogens is 164 g/mol. The fourth-order valence-corrected chi connectivity index (χ4v) is 1.23. The lowest BCUT2D eigenvalue weighted by Gasteiger charge is -2.29. The lowest BCUT2D eigenvalue weighted by molar-refractivity contribution is -0.0735. The fraction of sp³-hybridized carbons (Fsp3) is 1.00. The second kappa shape index (κ2) is 4.95. The Labute approximate surface area is 71.8 Å². The Kier molecular flexibility index (Phi) is 4.17. The van der Waals surface area contributed by atoms with Crippen molar-refractivity contribution in [1.82, 2.24) is 9.96 Å². The average Bonchev–Trinajstić information content (AvgIpc) is 2.04. The van der Waals surface area contributed by atoms with Crippen LogP contribution in [-0.4, -0.2) is 50.3 Å². The minimum Gasteiger partial charge on any atom is -0.304 e. The molecule has 4 nitrogen and oxygen atoms in total. The lowest BCUT2D eigenvalue weighted by Crippen LogP contribution is -2.43. The first kappa shape index (κ1) is 9.28. The third kappa shape index (κ3) is 3.39. The highest BCUT2D eigenvalue weighted by Crippen LogP contribution is 2.08. The molecule has 0 aliphatic carbocycles. The van der Waals surface area contributed by atoms with Crippen LogP contribution in [0.3, 0.4) is 0 Å². The minimum absolute atomic E-state index is 0.951. The van der Waals surface area contributed by atoms with Gasteiger partial charge in [-0.2, -0.15) is 9.35 Å². The monoisotopic (exact) mass is 178 g/mol. The van der Waals surface area contributed by atoms with E-state index in [9.17, 15) is 0 Å². The van der Waals surface area contributed by atoms with E-state index in [0.29, 0.717) is 0 Å². The summed E-state index contributed by atoms with van der Waals surface area (Å²) in [5.41, 5.74) is 0. The second-order valence-corrected chi connectivity index (χ2v) is 3.16. The summed E-state index contributed by atoms with van der Waals surface area (Å²) >= 11 is 1.02. The Morgan fingerprint density at radius 1 is 1.18 bits per heavy atom. The Hall–Kier alpha value is 0.190. The van der Waals surface area contributed by atoms with Crippen molar-refractivity contribution in [2.24, 2.45) is 0 Å². The first-order valence-electron chi connectivity index (χ1n) is 3.64. The van der Waals surface area contributed by atoms with E-state index in [-0.39, 0.29) is 0 Å². The van der Waals surface area contributed by atoms with Crippen LogP contribution in [0.25, 0.3) is 0 Å². The van der Waals surface area contributed by atoms with Gasteiger partial charge in [0.05, 0.1) is 7.11 Å². The molecule has 1 heterocycles. The number of likely N-dealkylation sites (N-methyl/N-ethyl adjacent to an activating group) is 1. The van der Waals surface area contributed by atoms with E-state index in [4.69, 9.17) is 8.47 Å². The van der Waals surface area contributed by atoms with Crippen molar-refractivity contribution in [2.75, 3.05) is 40.3 Å². The van der Waals surface area contributed by atoms with Crippen molar-refractivity contribution < 1.29 is 8.47 Å². The van der Waals surface area contributed by atoms with Crippen LogP contribution < -0.4 is 0 Å². The highest BCUT2D eigenvalue weighted by molar-refractivity contribution is 7.89. The van der Waals surface area contributed by atoms with Gasteiger partial charge in [0.25, 0.3) is 0 Å². The standard InChI is InChI=1S/C6H14N2O2S/c1-7-3-5-8(6-4-7)10-11-9-2/h3-6H2,1-2H3. The second-order valence-electron chi connectivity index (χ2n) is 2.54. The largest absolute Gasteiger partial charge is 0.304 e. The molecule has 1 rings (SSSR count). The minimum atomic E-state index is 0.951. The first-order chi connectivity index (χ1) is 5.33. The molecule has 0 spiro atoms. The molecule has 0 radical (unpaired) electrons. The molecule has 0 N–H and O–H groups in total. The van der Waals surface area contributed by atoms with Crippen LogP contribution in [0.2, 0.25) is 0 Å².